The molecule has 0 fully saturated rings. The van der Waals surface area contributed by atoms with E-state index in [2.05, 4.69) is 15.0 Å². The van der Waals surface area contributed by atoms with Gasteiger partial charge >= 0.3 is 5.88 Å². The zero-order chi connectivity index (χ0) is 13.2. The second kappa shape index (κ2) is 4.37. The van der Waals surface area contributed by atoms with Crippen molar-refractivity contribution < 1.29 is 9.34 Å². The maximum atomic E-state index is 10.5. The number of aromatic amines is 1. The van der Waals surface area contributed by atoms with Gasteiger partial charge in [0.25, 0.3) is 0 Å². The van der Waals surface area contributed by atoms with Crippen LogP contribution >= 0.6 is 0 Å². The molecule has 3 aromatic rings. The number of benzene rings is 1. The predicted molar refractivity (Wildman–Crippen MR) is 68.7 cm³/mol. The average molecular weight is 256 g/mol. The number of furan rings is 1. The summed E-state index contributed by atoms with van der Waals surface area (Å²) < 4.78 is 4.95. The summed E-state index contributed by atoms with van der Waals surface area (Å²) in [4.78, 5) is 21.2. The molecule has 0 spiro atoms. The molecule has 1 N–H and O–H groups in total. The molecule has 94 valence electrons. The predicted octanol–water partition coefficient (Wildman–Crippen LogP) is 2.81. The van der Waals surface area contributed by atoms with Crippen LogP contribution in [0.2, 0.25) is 0 Å². The second-order valence-corrected chi connectivity index (χ2v) is 3.77. The van der Waals surface area contributed by atoms with Crippen molar-refractivity contribution in [3.05, 3.63) is 52.3 Å². The Morgan fingerprint density at radius 2 is 2.16 bits per heavy atom. The minimum Gasteiger partial charge on any atom is -0.400 e. The summed E-state index contributed by atoms with van der Waals surface area (Å²) in [6.07, 6.45) is 1.38. The molecule has 0 amide bonds. The third-order valence-corrected chi connectivity index (χ3v) is 2.48. The second-order valence-electron chi connectivity index (χ2n) is 3.77. The van der Waals surface area contributed by atoms with Gasteiger partial charge in [0.1, 0.15) is 4.92 Å². The van der Waals surface area contributed by atoms with Crippen molar-refractivity contribution in [2.45, 2.75) is 0 Å². The Hall–Kier alpha value is -2.96. The molecule has 0 unspecified atom stereocenters. The molecule has 0 aliphatic carbocycles. The highest BCUT2D eigenvalue weighted by atomic mass is 16.6. The van der Waals surface area contributed by atoms with Gasteiger partial charge in [0.05, 0.1) is 23.3 Å². The third-order valence-electron chi connectivity index (χ3n) is 2.48. The van der Waals surface area contributed by atoms with Gasteiger partial charge in [-0.25, -0.2) is 9.98 Å². The molecule has 0 aliphatic rings. The van der Waals surface area contributed by atoms with Crippen molar-refractivity contribution in [3.63, 3.8) is 0 Å². The van der Waals surface area contributed by atoms with E-state index in [0.29, 0.717) is 11.7 Å². The molecule has 0 bridgehead atoms. The van der Waals surface area contributed by atoms with Crippen LogP contribution in [0.25, 0.3) is 11.0 Å². The van der Waals surface area contributed by atoms with Crippen molar-refractivity contribution in [1.29, 1.82) is 0 Å². The molecule has 7 heteroatoms. The molecule has 0 atom stereocenters. The molecule has 2 aromatic heterocycles. The number of rotatable bonds is 3. The highest BCUT2D eigenvalue weighted by molar-refractivity contribution is 5.81. The van der Waals surface area contributed by atoms with E-state index in [-0.39, 0.29) is 5.88 Å². The number of hydrogen-bond donors (Lipinski definition) is 1. The molecule has 19 heavy (non-hydrogen) atoms. The summed E-state index contributed by atoms with van der Waals surface area (Å²) in [6.45, 7) is 0. The lowest BCUT2D eigenvalue weighted by atomic mass is 10.3. The van der Waals surface area contributed by atoms with Gasteiger partial charge < -0.3 is 9.40 Å². The Labute approximate surface area is 106 Å². The number of aromatic nitrogens is 2. The van der Waals surface area contributed by atoms with E-state index in [0.717, 1.165) is 11.0 Å². The van der Waals surface area contributed by atoms with E-state index >= 15 is 0 Å². The minimum atomic E-state index is -0.599. The molecular weight excluding hydrogens is 248 g/mol. The first-order valence-corrected chi connectivity index (χ1v) is 5.45. The van der Waals surface area contributed by atoms with E-state index in [9.17, 15) is 10.1 Å². The van der Waals surface area contributed by atoms with Crippen LogP contribution in [-0.4, -0.2) is 21.1 Å². The largest absolute Gasteiger partial charge is 0.433 e. The van der Waals surface area contributed by atoms with E-state index < -0.39 is 4.92 Å². The quantitative estimate of drug-likeness (QED) is 0.442. The Balaban J connectivity index is 1.86. The van der Waals surface area contributed by atoms with Gasteiger partial charge in [0, 0.05) is 0 Å². The zero-order valence-corrected chi connectivity index (χ0v) is 9.61. The van der Waals surface area contributed by atoms with E-state index in [1.165, 1.54) is 18.3 Å². The maximum absolute atomic E-state index is 10.5. The molecule has 0 radical (unpaired) electrons. The van der Waals surface area contributed by atoms with Gasteiger partial charge in [-0.2, -0.15) is 0 Å². The van der Waals surface area contributed by atoms with Crippen LogP contribution in [0.1, 0.15) is 5.76 Å². The minimum absolute atomic E-state index is 0.298. The fraction of sp³-hybridized carbons (Fsp3) is 0. The summed E-state index contributed by atoms with van der Waals surface area (Å²) >= 11 is 0. The summed E-state index contributed by atoms with van der Waals surface area (Å²) in [5.74, 6) is 0.401. The number of fused-ring (bicyclic) bond motifs is 1. The maximum Gasteiger partial charge on any atom is 0.433 e. The average Bonchev–Trinajstić information content (AvgIpc) is 3.02. The smallest absolute Gasteiger partial charge is 0.400 e. The number of aliphatic imine (C=N–C) groups is 1. The Bertz CT molecular complexity index is 739. The highest BCUT2D eigenvalue weighted by Crippen LogP contribution is 2.17. The molecule has 1 aromatic carbocycles. The number of nitro groups is 1. The normalized spacial score (nSPS) is 11.4. The van der Waals surface area contributed by atoms with Crippen LogP contribution in [0, 0.1) is 10.1 Å². The monoisotopic (exact) mass is 256 g/mol. The Morgan fingerprint density at radius 3 is 2.89 bits per heavy atom. The topological polar surface area (TPSA) is 97.3 Å². The van der Waals surface area contributed by atoms with Crippen molar-refractivity contribution in [2.75, 3.05) is 0 Å². The molecule has 0 aliphatic heterocycles. The van der Waals surface area contributed by atoms with Crippen LogP contribution in [0.3, 0.4) is 0 Å². The summed E-state index contributed by atoms with van der Waals surface area (Å²) in [7, 11) is 0. The number of imidazole rings is 1. The van der Waals surface area contributed by atoms with Crippen molar-refractivity contribution in [2.24, 2.45) is 4.99 Å². The van der Waals surface area contributed by atoms with Gasteiger partial charge in [-0.05, 0) is 18.2 Å². The van der Waals surface area contributed by atoms with Crippen LogP contribution in [0.4, 0.5) is 11.8 Å². The zero-order valence-electron chi connectivity index (χ0n) is 9.61. The van der Waals surface area contributed by atoms with E-state index in [1.54, 1.807) is 0 Å². The lowest BCUT2D eigenvalue weighted by molar-refractivity contribution is -0.402. The van der Waals surface area contributed by atoms with E-state index in [4.69, 9.17) is 4.42 Å². The SMILES string of the molecule is O=[N+]([O-])c1ccc(/C=N/c2nc3ccccc3[nH]2)o1. The summed E-state index contributed by atoms with van der Waals surface area (Å²) in [5, 5.41) is 10.5. The molecule has 2 heterocycles. The van der Waals surface area contributed by atoms with Crippen LogP contribution in [0.15, 0.2) is 45.8 Å². The lowest BCUT2D eigenvalue weighted by Gasteiger charge is -1.84. The van der Waals surface area contributed by atoms with Crippen LogP contribution < -0.4 is 0 Å². The fourth-order valence-corrected chi connectivity index (χ4v) is 1.63. The molecule has 0 saturated heterocycles. The standard InChI is InChI=1S/C12H8N4O3/c17-16(18)11-6-5-8(19-11)7-13-12-14-9-3-1-2-4-10(9)15-12/h1-7H,(H,14,15)/b13-7+. The number of H-pyrrole nitrogens is 1. The lowest BCUT2D eigenvalue weighted by Crippen LogP contribution is -1.83. The molecule has 3 rings (SSSR count). The van der Waals surface area contributed by atoms with Crippen LogP contribution in [0.5, 0.6) is 0 Å². The number of nitrogens with one attached hydrogen (secondary N) is 1. The first-order chi connectivity index (χ1) is 9.22. The van der Waals surface area contributed by atoms with E-state index in [1.807, 2.05) is 24.3 Å². The molecular formula is C12H8N4O3. The van der Waals surface area contributed by atoms with Gasteiger partial charge in [-0.15, -0.1) is 0 Å². The van der Waals surface area contributed by atoms with Gasteiger partial charge in [-0.1, -0.05) is 12.1 Å². The first-order valence-electron chi connectivity index (χ1n) is 5.45. The number of para-hydroxylation sites is 2. The molecule has 0 saturated carbocycles. The molecule has 7 nitrogen and oxygen atoms in total. The summed E-state index contributed by atoms with van der Waals surface area (Å²) in [5.41, 5.74) is 1.68. The number of hydrogen-bond acceptors (Lipinski definition) is 5. The third kappa shape index (κ3) is 2.21. The fourth-order valence-electron chi connectivity index (χ4n) is 1.63. The van der Waals surface area contributed by atoms with Gasteiger partial charge in [0.2, 0.25) is 5.95 Å². The van der Waals surface area contributed by atoms with Crippen molar-refractivity contribution in [1.82, 2.24) is 9.97 Å². The van der Waals surface area contributed by atoms with Crippen molar-refractivity contribution >= 4 is 29.1 Å². The number of nitrogens with zero attached hydrogens (tertiary/aromatic N) is 3. The van der Waals surface area contributed by atoms with Gasteiger partial charge in [0.15, 0.2) is 5.76 Å². The summed E-state index contributed by atoms with van der Waals surface area (Å²) in [6, 6.07) is 10.3. The Kier molecular flexibility index (Phi) is 2.57. The first kappa shape index (κ1) is 11.1. The van der Waals surface area contributed by atoms with Gasteiger partial charge in [-0.3, -0.25) is 10.1 Å². The highest BCUT2D eigenvalue weighted by Gasteiger charge is 2.10. The van der Waals surface area contributed by atoms with Crippen molar-refractivity contribution in [3.8, 4) is 0 Å². The Morgan fingerprint density at radius 1 is 1.32 bits per heavy atom. The van der Waals surface area contributed by atoms with Crippen LogP contribution in [-0.2, 0) is 0 Å².